The summed E-state index contributed by atoms with van der Waals surface area (Å²) in [6.45, 7) is 1.84. The Morgan fingerprint density at radius 3 is 2.48 bits per heavy atom. The normalized spacial score (nSPS) is 10.8. The van der Waals surface area contributed by atoms with Crippen LogP contribution in [0.4, 0.5) is 5.69 Å². The molecule has 3 aromatic rings. The van der Waals surface area contributed by atoms with Gasteiger partial charge in [-0.05, 0) is 46.1 Å². The highest BCUT2D eigenvalue weighted by Crippen LogP contribution is 2.42. The van der Waals surface area contributed by atoms with Crippen molar-refractivity contribution in [3.8, 4) is 11.1 Å². The van der Waals surface area contributed by atoms with Gasteiger partial charge in [0, 0.05) is 21.1 Å². The van der Waals surface area contributed by atoms with Gasteiger partial charge in [-0.2, -0.15) is 0 Å². The first-order valence-corrected chi connectivity index (χ1v) is 9.45. The van der Waals surface area contributed by atoms with Crippen LogP contribution < -0.4 is 5.73 Å². The molecule has 0 atom stereocenters. The Hall–Kier alpha value is -2.15. The van der Waals surface area contributed by atoms with Crippen LogP contribution in [0.2, 0.25) is 5.15 Å². The molecule has 0 saturated carbocycles. The number of nitrogens with zero attached hydrogens (tertiary/aromatic N) is 1. The minimum atomic E-state index is -0.763. The Balaban J connectivity index is 2.60. The monoisotopic (exact) mass is 466 g/mol. The van der Waals surface area contributed by atoms with Gasteiger partial charge in [0.1, 0.15) is 10.7 Å². The van der Waals surface area contributed by atoms with Crippen molar-refractivity contribution < 1.29 is 14.3 Å². The molecule has 138 valence electrons. The van der Waals surface area contributed by atoms with Crippen molar-refractivity contribution in [2.75, 3.05) is 12.3 Å². The van der Waals surface area contributed by atoms with Crippen molar-refractivity contribution in [1.82, 2.24) is 4.98 Å². The van der Waals surface area contributed by atoms with Crippen molar-refractivity contribution >= 4 is 66.9 Å². The fraction of sp³-hybridized carbons (Fsp3) is 0.105. The van der Waals surface area contributed by atoms with E-state index in [1.165, 1.54) is 6.07 Å². The molecule has 0 amide bonds. The van der Waals surface area contributed by atoms with E-state index in [-0.39, 0.29) is 28.6 Å². The van der Waals surface area contributed by atoms with Crippen molar-refractivity contribution in [2.45, 2.75) is 6.92 Å². The second kappa shape index (κ2) is 7.84. The maximum atomic E-state index is 12.6. The van der Waals surface area contributed by atoms with E-state index in [4.69, 9.17) is 33.7 Å². The lowest BCUT2D eigenvalue weighted by Gasteiger charge is -2.17. The van der Waals surface area contributed by atoms with Gasteiger partial charge in [0.25, 0.3) is 5.24 Å². The predicted octanol–water partition coefficient (Wildman–Crippen LogP) is 5.46. The van der Waals surface area contributed by atoms with Crippen molar-refractivity contribution in [3.63, 3.8) is 0 Å². The summed E-state index contributed by atoms with van der Waals surface area (Å²) in [5, 5.41) is -0.472. The van der Waals surface area contributed by atoms with E-state index in [2.05, 4.69) is 20.9 Å². The van der Waals surface area contributed by atoms with Crippen molar-refractivity contribution in [3.05, 3.63) is 57.2 Å². The first-order valence-electron chi connectivity index (χ1n) is 7.90. The Labute approximate surface area is 173 Å². The fourth-order valence-electron chi connectivity index (χ4n) is 2.89. The standard InChI is InChI=1S/C19H13BrCl2N2O3/c1-2-27-19(26)15-12(9-6-4-3-5-7-9)14-13(18(22)25)11(23)8-10(20)16(14)24-17(15)21/h3-8H,2,23H2,1H3. The molecule has 0 unspecified atom stereocenters. The molecule has 0 bridgehead atoms. The van der Waals surface area contributed by atoms with Gasteiger partial charge >= 0.3 is 5.97 Å². The quantitative estimate of drug-likeness (QED) is 0.238. The average Bonchev–Trinajstić information content (AvgIpc) is 2.62. The molecule has 27 heavy (non-hydrogen) atoms. The lowest BCUT2D eigenvalue weighted by molar-refractivity contribution is 0.0527. The van der Waals surface area contributed by atoms with Gasteiger partial charge < -0.3 is 10.5 Å². The number of fused-ring (bicyclic) bond motifs is 1. The lowest BCUT2D eigenvalue weighted by Crippen LogP contribution is -2.11. The number of benzene rings is 2. The Kier molecular flexibility index (Phi) is 5.69. The number of pyridine rings is 1. The summed E-state index contributed by atoms with van der Waals surface area (Å²) >= 11 is 15.6. The Bertz CT molecular complexity index is 1070. The van der Waals surface area contributed by atoms with Crippen molar-refractivity contribution in [1.29, 1.82) is 0 Å². The first-order chi connectivity index (χ1) is 12.9. The molecule has 1 heterocycles. The molecule has 2 aromatic carbocycles. The van der Waals surface area contributed by atoms with Crippen LogP contribution in [0.3, 0.4) is 0 Å². The summed E-state index contributed by atoms with van der Waals surface area (Å²) in [6, 6.07) is 10.5. The molecule has 0 aliphatic rings. The van der Waals surface area contributed by atoms with Gasteiger partial charge in [-0.3, -0.25) is 4.79 Å². The summed E-state index contributed by atoms with van der Waals surface area (Å²) in [6.07, 6.45) is 0. The third kappa shape index (κ3) is 3.52. The second-order valence-electron chi connectivity index (χ2n) is 5.56. The lowest BCUT2D eigenvalue weighted by atomic mass is 9.93. The highest BCUT2D eigenvalue weighted by Gasteiger charge is 2.27. The molecule has 5 nitrogen and oxygen atoms in total. The zero-order chi connectivity index (χ0) is 19.7. The summed E-state index contributed by atoms with van der Waals surface area (Å²) in [5.74, 6) is -0.651. The van der Waals surface area contributed by atoms with Crippen LogP contribution >= 0.6 is 39.1 Å². The van der Waals surface area contributed by atoms with Crippen LogP contribution in [0.5, 0.6) is 0 Å². The highest BCUT2D eigenvalue weighted by molar-refractivity contribution is 9.10. The van der Waals surface area contributed by atoms with Gasteiger partial charge in [0.15, 0.2) is 0 Å². The SMILES string of the molecule is CCOC(=O)c1c(Cl)nc2c(Br)cc(N)c(C(=O)Cl)c2c1-c1ccccc1. The fourth-order valence-corrected chi connectivity index (χ4v) is 3.88. The third-order valence-corrected chi connectivity index (χ3v) is 5.01. The molecule has 0 aliphatic heterocycles. The molecular weight excluding hydrogens is 455 g/mol. The molecular formula is C19H13BrCl2N2O3. The number of halogens is 3. The predicted molar refractivity (Wildman–Crippen MR) is 110 cm³/mol. The molecule has 0 fully saturated rings. The summed E-state index contributed by atoms with van der Waals surface area (Å²) in [5.41, 5.74) is 7.71. The molecule has 0 radical (unpaired) electrons. The topological polar surface area (TPSA) is 82.3 Å². The number of esters is 1. The van der Waals surface area contributed by atoms with Gasteiger partial charge in [-0.25, -0.2) is 9.78 Å². The van der Waals surface area contributed by atoms with Crippen LogP contribution in [0.15, 0.2) is 40.9 Å². The number of hydrogen-bond donors (Lipinski definition) is 1. The molecule has 2 N–H and O–H groups in total. The van der Waals surface area contributed by atoms with E-state index in [0.29, 0.717) is 26.5 Å². The Morgan fingerprint density at radius 1 is 1.22 bits per heavy atom. The van der Waals surface area contributed by atoms with E-state index in [1.54, 1.807) is 31.2 Å². The van der Waals surface area contributed by atoms with Crippen LogP contribution in [0.1, 0.15) is 27.6 Å². The van der Waals surface area contributed by atoms with Crippen LogP contribution in [-0.4, -0.2) is 22.8 Å². The van der Waals surface area contributed by atoms with Crippen LogP contribution in [0.25, 0.3) is 22.0 Å². The van der Waals surface area contributed by atoms with Gasteiger partial charge in [-0.15, -0.1) is 0 Å². The van der Waals surface area contributed by atoms with Gasteiger partial charge in [0.2, 0.25) is 0 Å². The van der Waals surface area contributed by atoms with Crippen LogP contribution in [0, 0.1) is 0 Å². The second-order valence-corrected chi connectivity index (χ2v) is 7.11. The first kappa shape index (κ1) is 19.6. The molecule has 1 aromatic heterocycles. The summed E-state index contributed by atoms with van der Waals surface area (Å²) in [4.78, 5) is 29.1. The molecule has 0 saturated heterocycles. The van der Waals surface area contributed by atoms with Crippen LogP contribution in [-0.2, 0) is 4.74 Å². The van der Waals surface area contributed by atoms with Crippen molar-refractivity contribution in [2.24, 2.45) is 0 Å². The number of anilines is 1. The maximum absolute atomic E-state index is 12.6. The van der Waals surface area contributed by atoms with E-state index >= 15 is 0 Å². The maximum Gasteiger partial charge on any atom is 0.341 e. The number of carbonyl (C=O) groups excluding carboxylic acids is 2. The number of nitrogens with two attached hydrogens (primary N) is 1. The van der Waals surface area contributed by atoms with Gasteiger partial charge in [-0.1, -0.05) is 41.9 Å². The number of carbonyl (C=O) groups is 2. The molecule has 8 heteroatoms. The van der Waals surface area contributed by atoms with E-state index in [0.717, 1.165) is 0 Å². The molecule has 0 spiro atoms. The third-order valence-electron chi connectivity index (χ3n) is 3.94. The molecule has 0 aliphatic carbocycles. The zero-order valence-electron chi connectivity index (χ0n) is 14.1. The minimum absolute atomic E-state index is 0.0433. The number of ether oxygens (including phenoxy) is 1. The van der Waals surface area contributed by atoms with E-state index < -0.39 is 11.2 Å². The molecule has 3 rings (SSSR count). The largest absolute Gasteiger partial charge is 0.462 e. The number of aromatic nitrogens is 1. The summed E-state index contributed by atoms with van der Waals surface area (Å²) in [7, 11) is 0. The van der Waals surface area contributed by atoms with Gasteiger partial charge in [0.05, 0.1) is 17.7 Å². The number of hydrogen-bond acceptors (Lipinski definition) is 5. The number of rotatable bonds is 4. The Morgan fingerprint density at radius 2 is 1.89 bits per heavy atom. The van der Waals surface area contributed by atoms with E-state index in [1.807, 2.05) is 6.07 Å². The highest BCUT2D eigenvalue weighted by atomic mass is 79.9. The number of nitrogen functional groups attached to an aromatic ring is 1. The smallest absolute Gasteiger partial charge is 0.341 e. The zero-order valence-corrected chi connectivity index (χ0v) is 17.2. The summed E-state index contributed by atoms with van der Waals surface area (Å²) < 4.78 is 5.68. The minimum Gasteiger partial charge on any atom is -0.462 e. The van der Waals surface area contributed by atoms with E-state index in [9.17, 15) is 9.59 Å². The average molecular weight is 468 g/mol.